The lowest BCUT2D eigenvalue weighted by molar-refractivity contribution is -0.135. The van der Waals surface area contributed by atoms with Crippen molar-refractivity contribution < 1.29 is 14.3 Å². The van der Waals surface area contributed by atoms with Crippen LogP contribution in [-0.4, -0.2) is 55.5 Å². The maximum atomic E-state index is 13.5. The fourth-order valence-corrected chi connectivity index (χ4v) is 4.76. The molecule has 2 aliphatic rings. The number of amides is 2. The third kappa shape index (κ3) is 7.46. The SMILES string of the molecule is C[C@H]1COc2ccccc2C(=O)NCCCCCC2(CCN(CCC(C)(C)C)CC2)C(=O)N1. The van der Waals surface area contributed by atoms with Gasteiger partial charge < -0.3 is 20.3 Å². The molecule has 184 valence electrons. The van der Waals surface area contributed by atoms with Crippen LogP contribution in [0.3, 0.4) is 0 Å². The lowest BCUT2D eigenvalue weighted by atomic mass is 9.73. The second-order valence-electron chi connectivity index (χ2n) is 11.2. The Labute approximate surface area is 199 Å². The topological polar surface area (TPSA) is 70.7 Å². The summed E-state index contributed by atoms with van der Waals surface area (Å²) in [5.74, 6) is 0.635. The summed E-state index contributed by atoms with van der Waals surface area (Å²) in [6.45, 7) is 12.9. The van der Waals surface area contributed by atoms with Crippen molar-refractivity contribution in [2.45, 2.75) is 78.7 Å². The van der Waals surface area contributed by atoms with Crippen LogP contribution < -0.4 is 15.4 Å². The number of rotatable bonds is 2. The molecule has 0 aromatic heterocycles. The van der Waals surface area contributed by atoms with Crippen LogP contribution in [0.25, 0.3) is 0 Å². The largest absolute Gasteiger partial charge is 0.491 e. The van der Waals surface area contributed by atoms with Crippen molar-refractivity contribution in [3.63, 3.8) is 0 Å². The van der Waals surface area contributed by atoms with Gasteiger partial charge in [-0.05, 0) is 76.2 Å². The van der Waals surface area contributed by atoms with Crippen LogP contribution in [0, 0.1) is 10.8 Å². The predicted molar refractivity (Wildman–Crippen MR) is 133 cm³/mol. The van der Waals surface area contributed by atoms with E-state index in [0.29, 0.717) is 29.9 Å². The summed E-state index contributed by atoms with van der Waals surface area (Å²) in [6, 6.07) is 7.18. The fraction of sp³-hybridized carbons (Fsp3) is 0.704. The summed E-state index contributed by atoms with van der Waals surface area (Å²) in [5, 5.41) is 6.26. The van der Waals surface area contributed by atoms with E-state index >= 15 is 0 Å². The van der Waals surface area contributed by atoms with Crippen molar-refractivity contribution in [3.05, 3.63) is 29.8 Å². The second-order valence-corrected chi connectivity index (χ2v) is 11.2. The number of carbonyl (C=O) groups is 2. The van der Waals surface area contributed by atoms with Crippen LogP contribution in [0.4, 0.5) is 0 Å². The summed E-state index contributed by atoms with van der Waals surface area (Å²) in [6.07, 6.45) is 6.85. The third-order valence-electron chi connectivity index (χ3n) is 7.09. The minimum Gasteiger partial charge on any atom is -0.491 e. The quantitative estimate of drug-likeness (QED) is 0.691. The molecule has 1 aromatic rings. The molecule has 6 heteroatoms. The molecule has 1 spiro atoms. The molecule has 1 fully saturated rings. The van der Waals surface area contributed by atoms with E-state index in [1.54, 1.807) is 6.07 Å². The predicted octanol–water partition coefficient (Wildman–Crippen LogP) is 4.39. The van der Waals surface area contributed by atoms with Crippen LogP contribution >= 0.6 is 0 Å². The van der Waals surface area contributed by atoms with E-state index in [0.717, 1.165) is 58.2 Å². The Morgan fingerprint density at radius 1 is 1.06 bits per heavy atom. The van der Waals surface area contributed by atoms with Gasteiger partial charge in [-0.25, -0.2) is 0 Å². The van der Waals surface area contributed by atoms with Gasteiger partial charge in [0.15, 0.2) is 0 Å². The molecule has 2 amide bonds. The van der Waals surface area contributed by atoms with Gasteiger partial charge >= 0.3 is 0 Å². The Morgan fingerprint density at radius 2 is 1.79 bits per heavy atom. The number of likely N-dealkylation sites (tertiary alicyclic amines) is 1. The first-order valence-corrected chi connectivity index (χ1v) is 12.7. The Bertz CT molecular complexity index is 794. The van der Waals surface area contributed by atoms with Gasteiger partial charge in [-0.15, -0.1) is 0 Å². The molecule has 2 N–H and O–H groups in total. The fourth-order valence-electron chi connectivity index (χ4n) is 4.76. The van der Waals surface area contributed by atoms with Gasteiger partial charge in [-0.3, -0.25) is 9.59 Å². The van der Waals surface area contributed by atoms with Crippen molar-refractivity contribution in [2.75, 3.05) is 32.8 Å². The van der Waals surface area contributed by atoms with Crippen molar-refractivity contribution >= 4 is 11.8 Å². The molecule has 3 rings (SSSR count). The van der Waals surface area contributed by atoms with Crippen LogP contribution in [-0.2, 0) is 4.79 Å². The van der Waals surface area contributed by atoms with Crippen molar-refractivity contribution in [1.82, 2.24) is 15.5 Å². The lowest BCUT2D eigenvalue weighted by Gasteiger charge is -2.42. The summed E-state index contributed by atoms with van der Waals surface area (Å²) >= 11 is 0. The Morgan fingerprint density at radius 3 is 2.52 bits per heavy atom. The first kappa shape index (κ1) is 25.5. The standard InChI is InChI=1S/C27H43N3O3/c1-21-20-33-23-11-7-6-10-22(23)24(31)28-16-9-5-8-12-27(25(32)29-21)14-18-30(19-15-27)17-13-26(2,3)4/h6-7,10-11,21H,5,8-9,12-20H2,1-4H3,(H,28,31)(H,29,32)/t21-/m0/s1. The van der Waals surface area contributed by atoms with Crippen LogP contribution in [0.15, 0.2) is 24.3 Å². The second kappa shape index (κ2) is 11.4. The van der Waals surface area contributed by atoms with E-state index in [2.05, 4.69) is 36.3 Å². The number of benzene rings is 1. The highest BCUT2D eigenvalue weighted by Crippen LogP contribution is 2.38. The van der Waals surface area contributed by atoms with Gasteiger partial charge in [0, 0.05) is 6.54 Å². The molecule has 6 nitrogen and oxygen atoms in total. The number of nitrogens with zero attached hydrogens (tertiary/aromatic N) is 1. The van der Waals surface area contributed by atoms with Gasteiger partial charge in [0.1, 0.15) is 12.4 Å². The minimum absolute atomic E-state index is 0.101. The van der Waals surface area contributed by atoms with Gasteiger partial charge in [0.2, 0.25) is 5.91 Å². The van der Waals surface area contributed by atoms with Crippen molar-refractivity contribution in [2.24, 2.45) is 10.8 Å². The molecule has 33 heavy (non-hydrogen) atoms. The lowest BCUT2D eigenvalue weighted by Crippen LogP contribution is -2.51. The van der Waals surface area contributed by atoms with Crippen LogP contribution in [0.1, 0.15) is 83.0 Å². The Kier molecular flexibility index (Phi) is 8.80. The highest BCUT2D eigenvalue weighted by molar-refractivity contribution is 5.96. The Balaban J connectivity index is 1.67. The van der Waals surface area contributed by atoms with Gasteiger partial charge in [0.25, 0.3) is 5.91 Å². The first-order chi connectivity index (χ1) is 15.7. The van der Waals surface area contributed by atoms with E-state index in [9.17, 15) is 9.59 Å². The first-order valence-electron chi connectivity index (χ1n) is 12.7. The minimum atomic E-state index is -0.298. The molecule has 0 radical (unpaired) electrons. The van der Waals surface area contributed by atoms with E-state index in [-0.39, 0.29) is 23.3 Å². The molecule has 1 saturated heterocycles. The highest BCUT2D eigenvalue weighted by atomic mass is 16.5. The number of hydrogen-bond donors (Lipinski definition) is 2. The summed E-state index contributed by atoms with van der Waals surface area (Å²) < 4.78 is 5.97. The number of carbonyl (C=O) groups excluding carboxylic acids is 2. The van der Waals surface area contributed by atoms with Gasteiger partial charge in [-0.2, -0.15) is 0 Å². The zero-order valence-corrected chi connectivity index (χ0v) is 21.0. The summed E-state index contributed by atoms with van der Waals surface area (Å²) in [5.41, 5.74) is 0.581. The van der Waals surface area contributed by atoms with E-state index < -0.39 is 0 Å². The molecule has 2 aliphatic heterocycles. The number of hydrogen-bond acceptors (Lipinski definition) is 4. The average Bonchev–Trinajstić information content (AvgIpc) is 2.78. The van der Waals surface area contributed by atoms with Gasteiger partial charge in [-0.1, -0.05) is 45.7 Å². The normalized spacial score (nSPS) is 23.5. The number of para-hydroxylation sites is 1. The average molecular weight is 458 g/mol. The van der Waals surface area contributed by atoms with E-state index in [1.165, 1.54) is 6.42 Å². The number of ether oxygens (including phenoxy) is 1. The number of fused-ring (bicyclic) bond motifs is 1. The van der Waals surface area contributed by atoms with E-state index in [4.69, 9.17) is 4.74 Å². The van der Waals surface area contributed by atoms with Gasteiger partial charge in [0.05, 0.1) is 17.0 Å². The zero-order chi connectivity index (χ0) is 23.9. The summed E-state index contributed by atoms with van der Waals surface area (Å²) in [7, 11) is 0. The molecule has 0 unspecified atom stereocenters. The maximum Gasteiger partial charge on any atom is 0.255 e. The molecular formula is C27H43N3O3. The number of piperidine rings is 1. The van der Waals surface area contributed by atoms with E-state index in [1.807, 2.05) is 25.1 Å². The highest BCUT2D eigenvalue weighted by Gasteiger charge is 2.41. The number of nitrogens with one attached hydrogen (secondary N) is 2. The molecule has 0 saturated carbocycles. The molecule has 1 aromatic carbocycles. The summed E-state index contributed by atoms with van der Waals surface area (Å²) in [4.78, 5) is 28.6. The smallest absolute Gasteiger partial charge is 0.255 e. The third-order valence-corrected chi connectivity index (χ3v) is 7.09. The Hall–Kier alpha value is -2.08. The molecule has 2 heterocycles. The zero-order valence-electron chi connectivity index (χ0n) is 21.0. The molecular weight excluding hydrogens is 414 g/mol. The van der Waals surface area contributed by atoms with Crippen molar-refractivity contribution in [3.8, 4) is 5.75 Å². The molecule has 0 bridgehead atoms. The molecule has 0 aliphatic carbocycles. The van der Waals surface area contributed by atoms with Crippen LogP contribution in [0.2, 0.25) is 0 Å². The van der Waals surface area contributed by atoms with Crippen molar-refractivity contribution in [1.29, 1.82) is 0 Å². The van der Waals surface area contributed by atoms with Crippen LogP contribution in [0.5, 0.6) is 5.75 Å². The molecule has 1 atom stereocenters. The monoisotopic (exact) mass is 457 g/mol. The maximum absolute atomic E-state index is 13.5.